The van der Waals surface area contributed by atoms with Gasteiger partial charge in [-0.3, -0.25) is 9.59 Å². The normalized spacial score (nSPS) is 11.8. The second-order valence-corrected chi connectivity index (χ2v) is 15.0. The van der Waals surface area contributed by atoms with Gasteiger partial charge < -0.3 is 19.5 Å². The molecule has 0 spiro atoms. The molecular formula is C45H85NO5. The molecule has 1 unspecified atom stereocenters. The fourth-order valence-corrected chi connectivity index (χ4v) is 6.56. The number of aliphatic hydroxyl groups excluding tert-OH is 1. The maximum Gasteiger partial charge on any atom is 0.306 e. The monoisotopic (exact) mass is 720 g/mol. The van der Waals surface area contributed by atoms with E-state index in [4.69, 9.17) is 9.47 Å². The molecule has 0 aromatic carbocycles. The van der Waals surface area contributed by atoms with Gasteiger partial charge in [-0.05, 0) is 77.3 Å². The molecule has 0 amide bonds. The summed E-state index contributed by atoms with van der Waals surface area (Å²) in [4.78, 5) is 26.9. The Bertz CT molecular complexity index is 806. The van der Waals surface area contributed by atoms with Crippen LogP contribution in [0.2, 0.25) is 0 Å². The molecule has 0 saturated heterocycles. The van der Waals surface area contributed by atoms with Gasteiger partial charge in [-0.25, -0.2) is 0 Å². The number of rotatable bonds is 39. The first-order valence-electron chi connectivity index (χ1n) is 22.2. The molecule has 0 aliphatic heterocycles. The topological polar surface area (TPSA) is 76.1 Å². The van der Waals surface area contributed by atoms with Gasteiger partial charge in [-0.15, -0.1) is 11.8 Å². The fourth-order valence-electron chi connectivity index (χ4n) is 6.56. The summed E-state index contributed by atoms with van der Waals surface area (Å²) in [7, 11) is 0. The summed E-state index contributed by atoms with van der Waals surface area (Å²) in [5.74, 6) is 6.30. The first-order chi connectivity index (χ1) is 25.1. The van der Waals surface area contributed by atoms with Crippen molar-refractivity contribution in [2.24, 2.45) is 0 Å². The molecule has 1 atom stereocenters. The van der Waals surface area contributed by atoms with E-state index in [9.17, 15) is 14.7 Å². The van der Waals surface area contributed by atoms with Gasteiger partial charge in [0.05, 0.1) is 6.61 Å². The van der Waals surface area contributed by atoms with Crippen LogP contribution in [0.5, 0.6) is 0 Å². The third-order valence-electron chi connectivity index (χ3n) is 9.89. The summed E-state index contributed by atoms with van der Waals surface area (Å²) in [6.45, 7) is 10.7. The molecule has 0 aliphatic carbocycles. The van der Waals surface area contributed by atoms with E-state index in [0.29, 0.717) is 19.4 Å². The molecule has 0 aromatic heterocycles. The Morgan fingerprint density at radius 2 is 0.961 bits per heavy atom. The minimum atomic E-state index is -0.0493. The van der Waals surface area contributed by atoms with Crippen molar-refractivity contribution in [3.63, 3.8) is 0 Å². The minimum Gasteiger partial charge on any atom is -0.466 e. The molecule has 0 rings (SSSR count). The minimum absolute atomic E-state index is 0.00948. The summed E-state index contributed by atoms with van der Waals surface area (Å²) < 4.78 is 11.2. The molecule has 0 heterocycles. The second kappa shape index (κ2) is 41.2. The van der Waals surface area contributed by atoms with Crippen LogP contribution in [0.15, 0.2) is 0 Å². The molecule has 0 fully saturated rings. The van der Waals surface area contributed by atoms with Crippen molar-refractivity contribution in [3.8, 4) is 11.8 Å². The first kappa shape index (κ1) is 49.4. The second-order valence-electron chi connectivity index (χ2n) is 15.0. The Kier molecular flexibility index (Phi) is 39.9. The summed E-state index contributed by atoms with van der Waals surface area (Å²) in [6.07, 6.45) is 35.8. The van der Waals surface area contributed by atoms with Crippen molar-refractivity contribution in [1.82, 2.24) is 4.90 Å². The predicted octanol–water partition coefficient (Wildman–Crippen LogP) is 12.3. The average Bonchev–Trinajstić information content (AvgIpc) is 3.13. The lowest BCUT2D eigenvalue weighted by Gasteiger charge is -2.22. The number of ether oxygens (including phenoxy) is 2. The van der Waals surface area contributed by atoms with Crippen molar-refractivity contribution >= 4 is 11.9 Å². The van der Waals surface area contributed by atoms with Crippen LogP contribution in [-0.4, -0.2) is 60.9 Å². The number of carbonyl (C=O) groups excluding carboxylic acids is 2. The van der Waals surface area contributed by atoms with Gasteiger partial charge in [-0.2, -0.15) is 0 Å². The number of esters is 2. The lowest BCUT2D eigenvalue weighted by atomic mass is 10.0. The highest BCUT2D eigenvalue weighted by molar-refractivity contribution is 5.69. The van der Waals surface area contributed by atoms with Crippen molar-refractivity contribution in [2.75, 3.05) is 32.8 Å². The van der Waals surface area contributed by atoms with Crippen LogP contribution < -0.4 is 0 Å². The van der Waals surface area contributed by atoms with Crippen LogP contribution >= 0.6 is 0 Å². The van der Waals surface area contributed by atoms with Crippen molar-refractivity contribution in [2.45, 2.75) is 232 Å². The van der Waals surface area contributed by atoms with E-state index in [2.05, 4.69) is 37.5 Å². The Labute approximate surface area is 317 Å². The van der Waals surface area contributed by atoms with Crippen LogP contribution in [0.1, 0.15) is 226 Å². The molecule has 6 heteroatoms. The van der Waals surface area contributed by atoms with E-state index in [1.54, 1.807) is 0 Å². The van der Waals surface area contributed by atoms with Crippen molar-refractivity contribution < 1.29 is 24.2 Å². The van der Waals surface area contributed by atoms with Crippen LogP contribution in [0.4, 0.5) is 0 Å². The third kappa shape index (κ3) is 38.0. The maximum atomic E-state index is 12.5. The molecule has 0 aromatic rings. The molecule has 300 valence electrons. The van der Waals surface area contributed by atoms with E-state index >= 15 is 0 Å². The standard InChI is InChI=1S/C45H85NO5/c1-4-7-10-12-20-26-32-42-50-44(48)36-28-22-18-16-14-13-15-17-19-24-30-38-46(40-33-41-47)39-31-25-21-23-29-37-45(49)51-43(34-9-6-3)35-27-11-8-5-2/h43,47H,4-11,13-19,21-42H2,1-3H3. The van der Waals surface area contributed by atoms with Gasteiger partial charge in [0.15, 0.2) is 0 Å². The van der Waals surface area contributed by atoms with Gasteiger partial charge in [0.25, 0.3) is 0 Å². The first-order valence-corrected chi connectivity index (χ1v) is 22.2. The number of aliphatic hydroxyl groups is 1. The summed E-state index contributed by atoms with van der Waals surface area (Å²) >= 11 is 0. The van der Waals surface area contributed by atoms with Gasteiger partial charge in [-0.1, -0.05) is 136 Å². The largest absolute Gasteiger partial charge is 0.466 e. The maximum absolute atomic E-state index is 12.5. The molecule has 0 radical (unpaired) electrons. The number of nitrogens with zero attached hydrogens (tertiary/aromatic N) is 1. The molecule has 0 saturated carbocycles. The van der Waals surface area contributed by atoms with E-state index in [0.717, 1.165) is 96.7 Å². The lowest BCUT2D eigenvalue weighted by molar-refractivity contribution is -0.150. The molecule has 6 nitrogen and oxygen atoms in total. The van der Waals surface area contributed by atoms with Gasteiger partial charge in [0.2, 0.25) is 0 Å². The summed E-state index contributed by atoms with van der Waals surface area (Å²) in [6, 6.07) is 0. The Balaban J connectivity index is 3.74. The van der Waals surface area contributed by atoms with Crippen LogP contribution in [0, 0.1) is 11.8 Å². The SMILES string of the molecule is CCCCC#CCCCOC(=O)CCCCCCCCCCCCCN(CCCO)CCCCCCCC(=O)OC(CCCC)CCCCCC. The third-order valence-corrected chi connectivity index (χ3v) is 9.89. The van der Waals surface area contributed by atoms with Crippen LogP contribution in [0.25, 0.3) is 0 Å². The van der Waals surface area contributed by atoms with Gasteiger partial charge in [0.1, 0.15) is 6.10 Å². The van der Waals surface area contributed by atoms with Gasteiger partial charge >= 0.3 is 11.9 Å². The predicted molar refractivity (Wildman–Crippen MR) is 217 cm³/mol. The lowest BCUT2D eigenvalue weighted by Crippen LogP contribution is -2.27. The highest BCUT2D eigenvalue weighted by Gasteiger charge is 2.14. The van der Waals surface area contributed by atoms with Crippen LogP contribution in [0.3, 0.4) is 0 Å². The fraction of sp³-hybridized carbons (Fsp3) is 0.911. The average molecular weight is 720 g/mol. The summed E-state index contributed by atoms with van der Waals surface area (Å²) in [5.41, 5.74) is 0. The number of unbranched alkanes of at least 4 members (excludes halogenated alkanes) is 21. The highest BCUT2D eigenvalue weighted by Crippen LogP contribution is 2.17. The van der Waals surface area contributed by atoms with Crippen molar-refractivity contribution in [3.05, 3.63) is 0 Å². The molecule has 51 heavy (non-hydrogen) atoms. The van der Waals surface area contributed by atoms with Gasteiger partial charge in [0, 0.05) is 38.8 Å². The Morgan fingerprint density at radius 1 is 0.510 bits per heavy atom. The number of carbonyl (C=O) groups is 2. The number of hydrogen-bond acceptors (Lipinski definition) is 6. The number of hydrogen-bond donors (Lipinski definition) is 1. The zero-order valence-electron chi connectivity index (χ0n) is 34.3. The van der Waals surface area contributed by atoms with E-state index in [1.807, 2.05) is 0 Å². The van der Waals surface area contributed by atoms with Crippen LogP contribution in [-0.2, 0) is 19.1 Å². The van der Waals surface area contributed by atoms with Crippen molar-refractivity contribution in [1.29, 1.82) is 0 Å². The summed E-state index contributed by atoms with van der Waals surface area (Å²) in [5, 5.41) is 9.37. The molecular weight excluding hydrogens is 634 g/mol. The van der Waals surface area contributed by atoms with E-state index in [1.165, 1.54) is 116 Å². The smallest absolute Gasteiger partial charge is 0.306 e. The molecule has 1 N–H and O–H groups in total. The zero-order chi connectivity index (χ0) is 37.3. The quantitative estimate of drug-likeness (QED) is 0.0387. The van der Waals surface area contributed by atoms with E-state index in [-0.39, 0.29) is 24.6 Å². The van der Waals surface area contributed by atoms with E-state index < -0.39 is 0 Å². The zero-order valence-corrected chi connectivity index (χ0v) is 34.3. The molecule has 0 aliphatic rings. The Hall–Kier alpha value is -1.58. The molecule has 0 bridgehead atoms. The highest BCUT2D eigenvalue weighted by atomic mass is 16.5. The Morgan fingerprint density at radius 3 is 1.51 bits per heavy atom.